The van der Waals surface area contributed by atoms with Crippen molar-refractivity contribution in [3.8, 4) is 6.07 Å². The smallest absolute Gasteiger partial charge is 0.377 e. The lowest BCUT2D eigenvalue weighted by molar-refractivity contribution is -0.138. The van der Waals surface area contributed by atoms with Crippen molar-refractivity contribution < 1.29 is 18.0 Å². The Balaban J connectivity index is 1.45. The third-order valence-corrected chi connectivity index (χ3v) is 5.95. The van der Waals surface area contributed by atoms with E-state index in [9.17, 15) is 22.8 Å². The number of urea groups is 1. The first-order chi connectivity index (χ1) is 15.7. The standard InChI is InChI=1S/C20H22F3N7O2S/c1-13(27-15-12-26-28-18(31)17(15)20(21,22)23)3-2-6-25-19(32)30-9-7-29(8-10-30)16-5-4-14(11-24)33-16/h2-5,12-13H,6-10H2,1H3,(H,25,32)(H2,27,28,31)/b3-2+/t13-/m0/s1. The van der Waals surface area contributed by atoms with Gasteiger partial charge in [-0.3, -0.25) is 4.79 Å². The van der Waals surface area contributed by atoms with Crippen LogP contribution in [0.2, 0.25) is 0 Å². The van der Waals surface area contributed by atoms with E-state index in [4.69, 9.17) is 5.26 Å². The van der Waals surface area contributed by atoms with E-state index in [-0.39, 0.29) is 12.6 Å². The molecule has 1 aliphatic rings. The van der Waals surface area contributed by atoms with Crippen molar-refractivity contribution >= 4 is 28.1 Å². The van der Waals surface area contributed by atoms with Crippen molar-refractivity contribution in [2.45, 2.75) is 19.1 Å². The number of anilines is 2. The molecule has 33 heavy (non-hydrogen) atoms. The number of piperazine rings is 1. The van der Waals surface area contributed by atoms with E-state index in [1.165, 1.54) is 11.3 Å². The fraction of sp³-hybridized carbons (Fsp3) is 0.400. The number of thiophene rings is 1. The van der Waals surface area contributed by atoms with Gasteiger partial charge in [0.05, 0.1) is 16.9 Å². The van der Waals surface area contributed by atoms with Crippen molar-refractivity contribution in [3.05, 3.63) is 51.3 Å². The zero-order valence-corrected chi connectivity index (χ0v) is 18.5. The SMILES string of the molecule is C[C@@H](/C=C/CNC(=O)N1CCN(c2ccc(C#N)s2)CC1)Nc1cn[nH]c(=O)c1C(F)(F)F. The van der Waals surface area contributed by atoms with Crippen LogP contribution >= 0.6 is 11.3 Å². The molecule has 3 rings (SSSR count). The number of hydrogen-bond donors (Lipinski definition) is 3. The Morgan fingerprint density at radius 3 is 2.73 bits per heavy atom. The molecule has 3 heterocycles. The molecule has 9 nitrogen and oxygen atoms in total. The predicted octanol–water partition coefficient (Wildman–Crippen LogP) is 2.61. The van der Waals surface area contributed by atoms with Crippen LogP contribution in [0.25, 0.3) is 0 Å². The fourth-order valence-electron chi connectivity index (χ4n) is 3.30. The molecule has 2 aromatic heterocycles. The maximum atomic E-state index is 13.1. The number of nitriles is 1. The lowest BCUT2D eigenvalue weighted by atomic mass is 10.2. The second kappa shape index (κ2) is 10.4. The molecule has 1 saturated heterocycles. The molecule has 0 radical (unpaired) electrons. The number of carbonyl (C=O) groups is 1. The monoisotopic (exact) mass is 481 g/mol. The molecule has 1 aliphatic heterocycles. The third kappa shape index (κ3) is 6.26. The van der Waals surface area contributed by atoms with Crippen molar-refractivity contribution in [1.29, 1.82) is 5.26 Å². The zero-order chi connectivity index (χ0) is 24.0. The number of H-pyrrole nitrogens is 1. The average molecular weight is 482 g/mol. The second-order valence-electron chi connectivity index (χ2n) is 7.26. The number of carbonyl (C=O) groups excluding carboxylic acids is 1. The molecule has 2 amide bonds. The Bertz CT molecular complexity index is 1100. The summed E-state index contributed by atoms with van der Waals surface area (Å²) in [5.41, 5.74) is -3.07. The Hall–Kier alpha value is -3.53. The number of nitrogens with zero attached hydrogens (tertiary/aromatic N) is 4. The van der Waals surface area contributed by atoms with Crippen LogP contribution in [0.4, 0.5) is 28.7 Å². The Kier molecular flexibility index (Phi) is 7.59. The summed E-state index contributed by atoms with van der Waals surface area (Å²) >= 11 is 1.42. The lowest BCUT2D eigenvalue weighted by Crippen LogP contribution is -2.51. The molecule has 0 aliphatic carbocycles. The summed E-state index contributed by atoms with van der Waals surface area (Å²) in [7, 11) is 0. The molecule has 13 heteroatoms. The van der Waals surface area contributed by atoms with Crippen LogP contribution in [-0.4, -0.2) is 59.9 Å². The Labute approximate surface area is 191 Å². The summed E-state index contributed by atoms with van der Waals surface area (Å²) in [5.74, 6) is 0. The summed E-state index contributed by atoms with van der Waals surface area (Å²) in [6.45, 7) is 4.18. The number of rotatable bonds is 6. The summed E-state index contributed by atoms with van der Waals surface area (Å²) in [6.07, 6.45) is -0.701. The van der Waals surface area contributed by atoms with Gasteiger partial charge < -0.3 is 20.4 Å². The summed E-state index contributed by atoms with van der Waals surface area (Å²) in [5, 5.41) is 20.5. The molecule has 0 bridgehead atoms. The van der Waals surface area contributed by atoms with Gasteiger partial charge in [0.1, 0.15) is 16.5 Å². The third-order valence-electron chi connectivity index (χ3n) is 4.90. The van der Waals surface area contributed by atoms with Crippen molar-refractivity contribution in [2.75, 3.05) is 42.9 Å². The van der Waals surface area contributed by atoms with Gasteiger partial charge in [-0.2, -0.15) is 23.5 Å². The van der Waals surface area contributed by atoms with Crippen LogP contribution in [-0.2, 0) is 6.18 Å². The van der Waals surface area contributed by atoms with E-state index >= 15 is 0 Å². The van der Waals surface area contributed by atoms with Crippen molar-refractivity contribution in [2.24, 2.45) is 0 Å². The Morgan fingerprint density at radius 2 is 2.09 bits per heavy atom. The number of alkyl halides is 3. The lowest BCUT2D eigenvalue weighted by Gasteiger charge is -2.35. The maximum absolute atomic E-state index is 13.1. The minimum Gasteiger partial charge on any atom is -0.377 e. The van der Waals surface area contributed by atoms with Crippen LogP contribution in [0.15, 0.2) is 35.3 Å². The van der Waals surface area contributed by atoms with Gasteiger partial charge in [0.15, 0.2) is 0 Å². The molecule has 0 saturated carbocycles. The average Bonchev–Trinajstić information content (AvgIpc) is 3.25. The van der Waals surface area contributed by atoms with Gasteiger partial charge in [0.25, 0.3) is 5.56 Å². The van der Waals surface area contributed by atoms with Gasteiger partial charge in [-0.25, -0.2) is 9.89 Å². The summed E-state index contributed by atoms with van der Waals surface area (Å²) in [4.78, 5) is 28.3. The van der Waals surface area contributed by atoms with Crippen molar-refractivity contribution in [1.82, 2.24) is 20.4 Å². The molecule has 1 atom stereocenters. The highest BCUT2D eigenvalue weighted by atomic mass is 32.1. The van der Waals surface area contributed by atoms with E-state index in [1.807, 2.05) is 6.07 Å². The van der Waals surface area contributed by atoms with Gasteiger partial charge in [0, 0.05) is 38.8 Å². The van der Waals surface area contributed by atoms with E-state index < -0.39 is 29.0 Å². The zero-order valence-electron chi connectivity index (χ0n) is 17.6. The van der Waals surface area contributed by atoms with Gasteiger partial charge in [-0.1, -0.05) is 12.2 Å². The first-order valence-electron chi connectivity index (χ1n) is 10.0. The summed E-state index contributed by atoms with van der Waals surface area (Å²) < 4.78 is 39.3. The second-order valence-corrected chi connectivity index (χ2v) is 8.32. The van der Waals surface area contributed by atoms with Crippen LogP contribution in [0, 0.1) is 11.3 Å². The molecular formula is C20H22F3N7O2S. The topological polar surface area (TPSA) is 117 Å². The fourth-order valence-corrected chi connectivity index (χ4v) is 4.16. The minimum absolute atomic E-state index is 0.196. The molecular weight excluding hydrogens is 459 g/mol. The van der Waals surface area contributed by atoms with Gasteiger partial charge in [0.2, 0.25) is 0 Å². The van der Waals surface area contributed by atoms with E-state index in [1.54, 1.807) is 35.1 Å². The molecule has 0 unspecified atom stereocenters. The Morgan fingerprint density at radius 1 is 1.36 bits per heavy atom. The van der Waals surface area contributed by atoms with Crippen LogP contribution in [0.3, 0.4) is 0 Å². The number of aromatic nitrogens is 2. The highest BCUT2D eigenvalue weighted by Gasteiger charge is 2.37. The number of halogens is 3. The molecule has 3 N–H and O–H groups in total. The first kappa shape index (κ1) is 24.1. The number of amides is 2. The number of hydrogen-bond acceptors (Lipinski definition) is 7. The van der Waals surface area contributed by atoms with Gasteiger partial charge in [-0.15, -0.1) is 11.3 Å². The molecule has 176 valence electrons. The van der Waals surface area contributed by atoms with E-state index in [2.05, 4.69) is 26.7 Å². The summed E-state index contributed by atoms with van der Waals surface area (Å²) in [6, 6.07) is 5.01. The minimum atomic E-state index is -4.82. The number of aromatic amines is 1. The first-order valence-corrected chi connectivity index (χ1v) is 10.9. The normalized spacial score (nSPS) is 15.4. The molecule has 1 fully saturated rings. The van der Waals surface area contributed by atoms with Gasteiger partial charge >= 0.3 is 12.2 Å². The quantitative estimate of drug-likeness (QED) is 0.546. The molecule has 0 spiro atoms. The highest BCUT2D eigenvalue weighted by molar-refractivity contribution is 7.16. The molecule has 0 aromatic carbocycles. The molecule has 2 aromatic rings. The maximum Gasteiger partial charge on any atom is 0.423 e. The van der Waals surface area contributed by atoms with Crippen LogP contribution < -0.4 is 21.1 Å². The van der Waals surface area contributed by atoms with Crippen LogP contribution in [0.5, 0.6) is 0 Å². The van der Waals surface area contributed by atoms with E-state index in [0.717, 1.165) is 11.2 Å². The highest BCUT2D eigenvalue weighted by Crippen LogP contribution is 2.31. The van der Waals surface area contributed by atoms with Crippen molar-refractivity contribution in [3.63, 3.8) is 0 Å². The largest absolute Gasteiger partial charge is 0.423 e. The van der Waals surface area contributed by atoms with E-state index in [0.29, 0.717) is 31.1 Å². The van der Waals surface area contributed by atoms with Gasteiger partial charge in [-0.05, 0) is 19.1 Å². The number of nitrogens with one attached hydrogen (secondary N) is 3. The predicted molar refractivity (Wildman–Crippen MR) is 118 cm³/mol. The van der Waals surface area contributed by atoms with Crippen LogP contribution in [0.1, 0.15) is 17.4 Å².